The number of amides is 1. The van der Waals surface area contributed by atoms with Gasteiger partial charge < -0.3 is 10.6 Å². The first kappa shape index (κ1) is 24.2. The molecule has 35 heavy (non-hydrogen) atoms. The third kappa shape index (κ3) is 5.26. The van der Waals surface area contributed by atoms with Gasteiger partial charge in [0.25, 0.3) is 5.91 Å². The summed E-state index contributed by atoms with van der Waals surface area (Å²) in [5.74, 6) is 0.380. The summed E-state index contributed by atoms with van der Waals surface area (Å²) in [6.45, 7) is 6.94. The Morgan fingerprint density at radius 3 is 2.57 bits per heavy atom. The SMILES string of the molecule is CNC(=O)c1ccnc2c(C(C)CCNc3cc(-c4ccc(C(C)C)nc4)ncn3)ccc(F)c12. The van der Waals surface area contributed by atoms with Crippen molar-refractivity contribution in [1.82, 2.24) is 25.3 Å². The fourth-order valence-electron chi connectivity index (χ4n) is 4.05. The third-order valence-electron chi connectivity index (χ3n) is 6.10. The number of fused-ring (bicyclic) bond motifs is 1. The second-order valence-corrected chi connectivity index (χ2v) is 8.83. The zero-order chi connectivity index (χ0) is 24.9. The highest BCUT2D eigenvalue weighted by Gasteiger charge is 2.18. The lowest BCUT2D eigenvalue weighted by Crippen LogP contribution is -2.19. The number of benzene rings is 1. The van der Waals surface area contributed by atoms with E-state index in [4.69, 9.17) is 0 Å². The zero-order valence-electron chi connectivity index (χ0n) is 20.3. The molecule has 4 rings (SSSR count). The smallest absolute Gasteiger partial charge is 0.251 e. The molecule has 3 heterocycles. The van der Waals surface area contributed by atoms with Crippen LogP contribution >= 0.6 is 0 Å². The van der Waals surface area contributed by atoms with Crippen LogP contribution in [0.5, 0.6) is 0 Å². The highest BCUT2D eigenvalue weighted by atomic mass is 19.1. The van der Waals surface area contributed by atoms with E-state index in [9.17, 15) is 9.18 Å². The Morgan fingerprint density at radius 2 is 1.86 bits per heavy atom. The van der Waals surface area contributed by atoms with Crippen molar-refractivity contribution in [1.29, 1.82) is 0 Å². The topological polar surface area (TPSA) is 92.7 Å². The number of hydrogen-bond donors (Lipinski definition) is 2. The molecule has 1 amide bonds. The number of halogens is 1. The van der Waals surface area contributed by atoms with Crippen LogP contribution in [-0.4, -0.2) is 39.4 Å². The average molecular weight is 473 g/mol. The van der Waals surface area contributed by atoms with Gasteiger partial charge in [-0.25, -0.2) is 14.4 Å². The number of nitrogens with one attached hydrogen (secondary N) is 2. The third-order valence-corrected chi connectivity index (χ3v) is 6.10. The first-order valence-corrected chi connectivity index (χ1v) is 11.7. The number of aromatic nitrogens is 4. The summed E-state index contributed by atoms with van der Waals surface area (Å²) in [7, 11) is 1.53. The van der Waals surface area contributed by atoms with E-state index in [1.807, 2.05) is 24.4 Å². The summed E-state index contributed by atoms with van der Waals surface area (Å²) >= 11 is 0. The van der Waals surface area contributed by atoms with Gasteiger partial charge in [0.1, 0.15) is 18.0 Å². The number of carbonyl (C=O) groups excluding carboxylic acids is 1. The van der Waals surface area contributed by atoms with Gasteiger partial charge in [-0.2, -0.15) is 0 Å². The first-order valence-electron chi connectivity index (χ1n) is 11.7. The normalized spacial score (nSPS) is 12.1. The quantitative estimate of drug-likeness (QED) is 0.361. The minimum Gasteiger partial charge on any atom is -0.370 e. The molecule has 0 saturated carbocycles. The molecular weight excluding hydrogens is 443 g/mol. The fraction of sp³-hybridized carbons (Fsp3) is 0.296. The Balaban J connectivity index is 1.47. The van der Waals surface area contributed by atoms with E-state index < -0.39 is 5.82 Å². The summed E-state index contributed by atoms with van der Waals surface area (Å²) in [4.78, 5) is 29.9. The molecule has 0 saturated heterocycles. The molecule has 0 bridgehead atoms. The predicted octanol–water partition coefficient (Wildman–Crippen LogP) is 5.31. The molecule has 0 aliphatic rings. The van der Waals surface area contributed by atoms with Crippen LogP contribution in [0.25, 0.3) is 22.2 Å². The maximum absolute atomic E-state index is 14.6. The molecule has 0 aliphatic heterocycles. The van der Waals surface area contributed by atoms with Crippen LogP contribution in [0.2, 0.25) is 0 Å². The van der Waals surface area contributed by atoms with Crippen molar-refractivity contribution in [3.63, 3.8) is 0 Å². The van der Waals surface area contributed by atoms with Crippen LogP contribution in [0.4, 0.5) is 10.2 Å². The van der Waals surface area contributed by atoms with Gasteiger partial charge in [0.2, 0.25) is 0 Å². The summed E-state index contributed by atoms with van der Waals surface area (Å²) in [5.41, 5.74) is 4.47. The number of rotatable bonds is 8. The second-order valence-electron chi connectivity index (χ2n) is 8.83. The monoisotopic (exact) mass is 472 g/mol. The lowest BCUT2D eigenvalue weighted by atomic mass is 9.93. The van der Waals surface area contributed by atoms with Gasteiger partial charge >= 0.3 is 0 Å². The van der Waals surface area contributed by atoms with E-state index in [0.717, 1.165) is 34.8 Å². The molecule has 8 heteroatoms. The molecule has 0 spiro atoms. The van der Waals surface area contributed by atoms with Crippen molar-refractivity contribution < 1.29 is 9.18 Å². The number of hydrogen-bond acceptors (Lipinski definition) is 6. The molecule has 1 unspecified atom stereocenters. The Kier molecular flexibility index (Phi) is 7.29. The van der Waals surface area contributed by atoms with E-state index >= 15 is 0 Å². The summed E-state index contributed by atoms with van der Waals surface area (Å²) < 4.78 is 14.6. The Morgan fingerprint density at radius 1 is 1.03 bits per heavy atom. The molecule has 3 aromatic heterocycles. The summed E-state index contributed by atoms with van der Waals surface area (Å²) in [6, 6.07) is 10.6. The van der Waals surface area contributed by atoms with Crippen molar-refractivity contribution in [2.75, 3.05) is 18.9 Å². The fourth-order valence-corrected chi connectivity index (χ4v) is 4.05. The molecule has 1 atom stereocenters. The van der Waals surface area contributed by atoms with Crippen LogP contribution in [0, 0.1) is 5.82 Å². The molecule has 2 N–H and O–H groups in total. The highest BCUT2D eigenvalue weighted by Crippen LogP contribution is 2.30. The predicted molar refractivity (Wildman–Crippen MR) is 136 cm³/mol. The molecule has 7 nitrogen and oxygen atoms in total. The van der Waals surface area contributed by atoms with Crippen molar-refractivity contribution in [2.45, 2.75) is 39.0 Å². The average Bonchev–Trinajstić information content (AvgIpc) is 2.88. The van der Waals surface area contributed by atoms with Crippen LogP contribution < -0.4 is 10.6 Å². The van der Waals surface area contributed by atoms with E-state index in [0.29, 0.717) is 18.0 Å². The number of nitrogens with zero attached hydrogens (tertiary/aromatic N) is 4. The van der Waals surface area contributed by atoms with E-state index in [-0.39, 0.29) is 22.8 Å². The van der Waals surface area contributed by atoms with Crippen LogP contribution in [0.15, 0.2) is 55.1 Å². The first-order chi connectivity index (χ1) is 16.9. The molecule has 1 aromatic carbocycles. The van der Waals surface area contributed by atoms with Gasteiger partial charge in [-0.3, -0.25) is 14.8 Å². The second kappa shape index (κ2) is 10.5. The molecule has 180 valence electrons. The van der Waals surface area contributed by atoms with Crippen molar-refractivity contribution in [3.05, 3.63) is 77.8 Å². The minimum absolute atomic E-state index is 0.0760. The molecule has 0 fully saturated rings. The van der Waals surface area contributed by atoms with Crippen LogP contribution in [0.3, 0.4) is 0 Å². The van der Waals surface area contributed by atoms with Gasteiger partial charge in [0, 0.05) is 48.7 Å². The van der Waals surface area contributed by atoms with Gasteiger partial charge in [-0.15, -0.1) is 0 Å². The van der Waals surface area contributed by atoms with E-state index in [1.54, 1.807) is 18.3 Å². The number of pyridine rings is 2. The lowest BCUT2D eigenvalue weighted by Gasteiger charge is -2.16. The van der Waals surface area contributed by atoms with Gasteiger partial charge in [0.05, 0.1) is 16.8 Å². The summed E-state index contributed by atoms with van der Waals surface area (Å²) in [5, 5.41) is 6.17. The molecule has 4 aromatic rings. The van der Waals surface area contributed by atoms with Crippen molar-refractivity contribution in [3.8, 4) is 11.3 Å². The molecular formula is C27H29FN6O. The van der Waals surface area contributed by atoms with Gasteiger partial charge in [-0.1, -0.05) is 26.8 Å². The van der Waals surface area contributed by atoms with Crippen molar-refractivity contribution in [2.24, 2.45) is 0 Å². The Hall–Kier alpha value is -3.94. The minimum atomic E-state index is -0.454. The van der Waals surface area contributed by atoms with Crippen LogP contribution in [-0.2, 0) is 0 Å². The highest BCUT2D eigenvalue weighted by molar-refractivity contribution is 6.06. The lowest BCUT2D eigenvalue weighted by molar-refractivity contribution is 0.0964. The van der Waals surface area contributed by atoms with E-state index in [1.165, 1.54) is 19.4 Å². The maximum atomic E-state index is 14.6. The Labute approximate surface area is 204 Å². The maximum Gasteiger partial charge on any atom is 0.251 e. The molecule has 0 radical (unpaired) electrons. The standard InChI is InChI=1S/C27H29FN6O/c1-16(2)22-8-5-18(14-32-22)23-13-24(34-15-33-23)30-11-9-17(3)19-6-7-21(28)25-20(27(35)29-4)10-12-31-26(19)25/h5-8,10,12-17H,9,11H2,1-4H3,(H,29,35)(H,30,33,34). The Bertz CT molecular complexity index is 1340. The summed E-state index contributed by atoms with van der Waals surface area (Å²) in [6.07, 6.45) is 5.68. The van der Waals surface area contributed by atoms with E-state index in [2.05, 4.69) is 51.3 Å². The van der Waals surface area contributed by atoms with Gasteiger partial charge in [-0.05, 0) is 48.1 Å². The largest absolute Gasteiger partial charge is 0.370 e. The number of carbonyl (C=O) groups is 1. The van der Waals surface area contributed by atoms with Crippen LogP contribution in [0.1, 0.15) is 60.6 Å². The zero-order valence-corrected chi connectivity index (χ0v) is 20.3. The van der Waals surface area contributed by atoms with Crippen molar-refractivity contribution >= 4 is 22.6 Å². The molecule has 0 aliphatic carbocycles. The number of anilines is 1. The van der Waals surface area contributed by atoms with Gasteiger partial charge in [0.15, 0.2) is 0 Å².